The van der Waals surface area contributed by atoms with Crippen molar-refractivity contribution in [1.29, 1.82) is 0 Å². The van der Waals surface area contributed by atoms with E-state index >= 15 is 0 Å². The molecular formula is C11H18N4O2. The molecule has 0 unspecified atom stereocenters. The normalized spacial score (nSPS) is 16.9. The molecule has 0 atom stereocenters. The molecule has 0 saturated carbocycles. The minimum Gasteiger partial charge on any atom is -0.381 e. The molecule has 6 nitrogen and oxygen atoms in total. The van der Waals surface area contributed by atoms with Gasteiger partial charge in [-0.25, -0.2) is 4.98 Å². The fraction of sp³-hybridized carbons (Fsp3) is 0.727. The third-order valence-electron chi connectivity index (χ3n) is 2.95. The molecule has 0 bridgehead atoms. The zero-order chi connectivity index (χ0) is 11.9. The molecule has 94 valence electrons. The molecule has 0 spiro atoms. The van der Waals surface area contributed by atoms with Crippen molar-refractivity contribution >= 4 is 5.91 Å². The summed E-state index contributed by atoms with van der Waals surface area (Å²) in [6, 6.07) is 0. The lowest BCUT2D eigenvalue weighted by Gasteiger charge is -2.21. The van der Waals surface area contributed by atoms with Crippen LogP contribution in [0.2, 0.25) is 0 Å². The van der Waals surface area contributed by atoms with Gasteiger partial charge in [0.05, 0.1) is 0 Å². The van der Waals surface area contributed by atoms with E-state index in [2.05, 4.69) is 20.5 Å². The summed E-state index contributed by atoms with van der Waals surface area (Å²) in [4.78, 5) is 15.8. The highest BCUT2D eigenvalue weighted by atomic mass is 16.5. The lowest BCUT2D eigenvalue weighted by atomic mass is 9.99. The Morgan fingerprint density at radius 1 is 1.53 bits per heavy atom. The molecule has 1 aromatic rings. The van der Waals surface area contributed by atoms with Crippen molar-refractivity contribution in [3.8, 4) is 0 Å². The first-order valence-corrected chi connectivity index (χ1v) is 6.06. The first-order valence-electron chi connectivity index (χ1n) is 6.06. The maximum atomic E-state index is 11.8. The second-order valence-electron chi connectivity index (χ2n) is 4.21. The summed E-state index contributed by atoms with van der Waals surface area (Å²) >= 11 is 0. The van der Waals surface area contributed by atoms with E-state index in [1.807, 2.05) is 0 Å². The number of carbonyl (C=O) groups is 1. The number of hydrogen-bond acceptors (Lipinski definition) is 4. The molecule has 0 aliphatic carbocycles. The lowest BCUT2D eigenvalue weighted by molar-refractivity contribution is -0.127. The number of H-pyrrole nitrogens is 1. The molecular weight excluding hydrogens is 220 g/mol. The van der Waals surface area contributed by atoms with Gasteiger partial charge in [0.15, 0.2) is 0 Å². The van der Waals surface area contributed by atoms with Gasteiger partial charge in [-0.3, -0.25) is 9.89 Å². The Bertz CT molecular complexity index is 333. The van der Waals surface area contributed by atoms with Crippen LogP contribution in [0, 0.1) is 5.92 Å². The van der Waals surface area contributed by atoms with E-state index in [4.69, 9.17) is 4.74 Å². The molecule has 2 heterocycles. The van der Waals surface area contributed by atoms with E-state index in [-0.39, 0.29) is 11.8 Å². The van der Waals surface area contributed by atoms with Gasteiger partial charge in [-0.1, -0.05) is 0 Å². The monoisotopic (exact) mass is 238 g/mol. The molecule has 2 rings (SSSR count). The Morgan fingerprint density at radius 3 is 3.06 bits per heavy atom. The molecule has 0 aromatic carbocycles. The Kier molecular flexibility index (Phi) is 4.49. The summed E-state index contributed by atoms with van der Waals surface area (Å²) in [6.45, 7) is 2.10. The highest BCUT2D eigenvalue weighted by molar-refractivity contribution is 5.78. The minimum atomic E-state index is 0.133. The largest absolute Gasteiger partial charge is 0.381 e. The number of carbonyl (C=O) groups excluding carboxylic acids is 1. The number of rotatable bonds is 5. The number of ether oxygens (including phenoxy) is 1. The fourth-order valence-corrected chi connectivity index (χ4v) is 1.92. The summed E-state index contributed by atoms with van der Waals surface area (Å²) < 4.78 is 5.23. The Labute approximate surface area is 100 Å². The van der Waals surface area contributed by atoms with Gasteiger partial charge in [0.2, 0.25) is 5.91 Å². The van der Waals surface area contributed by atoms with E-state index < -0.39 is 0 Å². The van der Waals surface area contributed by atoms with Gasteiger partial charge in [0.1, 0.15) is 12.2 Å². The van der Waals surface area contributed by atoms with Crippen molar-refractivity contribution in [2.45, 2.75) is 25.7 Å². The third-order valence-corrected chi connectivity index (χ3v) is 2.95. The van der Waals surface area contributed by atoms with Crippen molar-refractivity contribution in [3.05, 3.63) is 12.2 Å². The van der Waals surface area contributed by atoms with E-state index in [1.165, 1.54) is 6.33 Å². The topological polar surface area (TPSA) is 79.9 Å². The van der Waals surface area contributed by atoms with Gasteiger partial charge in [-0.05, 0) is 19.3 Å². The zero-order valence-corrected chi connectivity index (χ0v) is 9.82. The Balaban J connectivity index is 1.59. The predicted molar refractivity (Wildman–Crippen MR) is 61.3 cm³/mol. The van der Waals surface area contributed by atoms with Gasteiger partial charge >= 0.3 is 0 Å². The van der Waals surface area contributed by atoms with Crippen LogP contribution in [0.25, 0.3) is 0 Å². The highest BCUT2D eigenvalue weighted by Gasteiger charge is 2.20. The SMILES string of the molecule is O=C(NCCCc1ncn[nH]1)C1CCOCC1. The molecule has 1 saturated heterocycles. The van der Waals surface area contributed by atoms with Crippen molar-refractivity contribution < 1.29 is 9.53 Å². The van der Waals surface area contributed by atoms with Gasteiger partial charge < -0.3 is 10.1 Å². The molecule has 1 aliphatic heterocycles. The Morgan fingerprint density at radius 2 is 2.35 bits per heavy atom. The van der Waals surface area contributed by atoms with Crippen molar-refractivity contribution in [1.82, 2.24) is 20.5 Å². The van der Waals surface area contributed by atoms with Crippen LogP contribution < -0.4 is 5.32 Å². The molecule has 1 amide bonds. The molecule has 2 N–H and O–H groups in total. The number of nitrogens with one attached hydrogen (secondary N) is 2. The van der Waals surface area contributed by atoms with E-state index in [9.17, 15) is 4.79 Å². The summed E-state index contributed by atoms with van der Waals surface area (Å²) in [5, 5.41) is 9.53. The first-order chi connectivity index (χ1) is 8.36. The molecule has 0 radical (unpaired) electrons. The van der Waals surface area contributed by atoms with Crippen molar-refractivity contribution in [2.75, 3.05) is 19.8 Å². The first kappa shape index (κ1) is 12.0. The maximum Gasteiger partial charge on any atom is 0.223 e. The van der Waals surface area contributed by atoms with Crippen LogP contribution in [0.1, 0.15) is 25.1 Å². The van der Waals surface area contributed by atoms with Crippen LogP contribution >= 0.6 is 0 Å². The molecule has 1 aliphatic rings. The second kappa shape index (κ2) is 6.34. The van der Waals surface area contributed by atoms with E-state index in [0.29, 0.717) is 19.8 Å². The average molecular weight is 238 g/mol. The minimum absolute atomic E-state index is 0.133. The second-order valence-corrected chi connectivity index (χ2v) is 4.21. The van der Waals surface area contributed by atoms with Gasteiger partial charge in [0, 0.05) is 32.1 Å². The van der Waals surface area contributed by atoms with Crippen LogP contribution in [0.3, 0.4) is 0 Å². The summed E-state index contributed by atoms with van der Waals surface area (Å²) in [5.74, 6) is 1.16. The lowest BCUT2D eigenvalue weighted by Crippen LogP contribution is -2.34. The van der Waals surface area contributed by atoms with Crippen molar-refractivity contribution in [3.63, 3.8) is 0 Å². The van der Waals surface area contributed by atoms with Gasteiger partial charge in [-0.15, -0.1) is 0 Å². The van der Waals surface area contributed by atoms with Crippen LogP contribution in [-0.2, 0) is 16.0 Å². The van der Waals surface area contributed by atoms with E-state index in [0.717, 1.165) is 31.5 Å². The zero-order valence-electron chi connectivity index (χ0n) is 9.82. The number of aromatic nitrogens is 3. The van der Waals surface area contributed by atoms with E-state index in [1.54, 1.807) is 0 Å². The third kappa shape index (κ3) is 3.81. The summed E-state index contributed by atoms with van der Waals surface area (Å²) in [5.41, 5.74) is 0. The average Bonchev–Trinajstić information content (AvgIpc) is 2.88. The maximum absolute atomic E-state index is 11.8. The smallest absolute Gasteiger partial charge is 0.223 e. The number of amides is 1. The molecule has 6 heteroatoms. The molecule has 1 fully saturated rings. The molecule has 17 heavy (non-hydrogen) atoms. The Hall–Kier alpha value is -1.43. The number of hydrogen-bond donors (Lipinski definition) is 2. The fourth-order valence-electron chi connectivity index (χ4n) is 1.92. The number of aryl methyl sites for hydroxylation is 1. The van der Waals surface area contributed by atoms with Crippen LogP contribution in [-0.4, -0.2) is 40.8 Å². The summed E-state index contributed by atoms with van der Waals surface area (Å²) in [6.07, 6.45) is 4.87. The van der Waals surface area contributed by atoms with Crippen LogP contribution in [0.4, 0.5) is 0 Å². The highest BCUT2D eigenvalue weighted by Crippen LogP contribution is 2.14. The van der Waals surface area contributed by atoms with Crippen molar-refractivity contribution in [2.24, 2.45) is 5.92 Å². The summed E-state index contributed by atoms with van der Waals surface area (Å²) in [7, 11) is 0. The number of aromatic amines is 1. The standard InChI is InChI=1S/C11H18N4O2/c16-11(9-3-6-17-7-4-9)12-5-1-2-10-13-8-14-15-10/h8-9H,1-7H2,(H,12,16)(H,13,14,15). The number of nitrogens with zero attached hydrogens (tertiary/aromatic N) is 2. The van der Waals surface area contributed by atoms with Gasteiger partial charge in [0.25, 0.3) is 0 Å². The van der Waals surface area contributed by atoms with Gasteiger partial charge in [-0.2, -0.15) is 5.10 Å². The molecule has 1 aromatic heterocycles. The quantitative estimate of drug-likeness (QED) is 0.722. The predicted octanol–water partition coefficient (Wildman–Crippen LogP) is 0.280. The van der Waals surface area contributed by atoms with Crippen LogP contribution in [0.15, 0.2) is 6.33 Å². The van der Waals surface area contributed by atoms with Crippen LogP contribution in [0.5, 0.6) is 0 Å².